The van der Waals surface area contributed by atoms with Crippen molar-refractivity contribution in [3.63, 3.8) is 0 Å². The third kappa shape index (κ3) is 5.43. The Kier molecular flexibility index (Phi) is 7.19. The summed E-state index contributed by atoms with van der Waals surface area (Å²) in [5, 5.41) is 0. The van der Waals surface area contributed by atoms with Gasteiger partial charge in [0.15, 0.2) is 0 Å². The number of rotatable bonds is 8. The first-order chi connectivity index (χ1) is 9.19. The fraction of sp³-hybridized carbons (Fsp3) is 0.562. The van der Waals surface area contributed by atoms with Gasteiger partial charge >= 0.3 is 0 Å². The highest BCUT2D eigenvalue weighted by Crippen LogP contribution is 2.19. The molecule has 1 amide bonds. The molecule has 0 radical (unpaired) electrons. The molecule has 0 bridgehead atoms. The van der Waals surface area contributed by atoms with Gasteiger partial charge in [0.1, 0.15) is 0 Å². The summed E-state index contributed by atoms with van der Waals surface area (Å²) in [4.78, 5) is 13.9. The SMILES string of the molecule is CCCC(CCN)CCC(=O)N(C)c1ccccc1. The normalized spacial score (nSPS) is 12.2. The maximum absolute atomic E-state index is 12.2. The number of benzene rings is 1. The first kappa shape index (κ1) is 15.7. The van der Waals surface area contributed by atoms with Crippen molar-refractivity contribution in [3.8, 4) is 0 Å². The van der Waals surface area contributed by atoms with Crippen molar-refractivity contribution in [2.45, 2.75) is 39.0 Å². The van der Waals surface area contributed by atoms with Gasteiger partial charge in [0.2, 0.25) is 5.91 Å². The van der Waals surface area contributed by atoms with Crippen LogP contribution < -0.4 is 10.6 Å². The van der Waals surface area contributed by atoms with Gasteiger partial charge in [-0.1, -0.05) is 38.0 Å². The van der Waals surface area contributed by atoms with Gasteiger partial charge in [-0.05, 0) is 37.4 Å². The maximum Gasteiger partial charge on any atom is 0.226 e. The summed E-state index contributed by atoms with van der Waals surface area (Å²) in [7, 11) is 1.84. The number of para-hydroxylation sites is 1. The molecule has 0 spiro atoms. The number of amides is 1. The molecule has 0 saturated heterocycles. The van der Waals surface area contributed by atoms with Crippen molar-refractivity contribution in [2.24, 2.45) is 11.7 Å². The topological polar surface area (TPSA) is 46.3 Å². The first-order valence-corrected chi connectivity index (χ1v) is 7.20. The van der Waals surface area contributed by atoms with E-state index in [2.05, 4.69) is 6.92 Å². The Hall–Kier alpha value is -1.35. The average Bonchev–Trinajstić information content (AvgIpc) is 2.45. The highest BCUT2D eigenvalue weighted by Gasteiger charge is 2.14. The van der Waals surface area contributed by atoms with Gasteiger partial charge < -0.3 is 10.6 Å². The lowest BCUT2D eigenvalue weighted by atomic mass is 9.94. The summed E-state index contributed by atoms with van der Waals surface area (Å²) in [6.45, 7) is 2.90. The van der Waals surface area contributed by atoms with Gasteiger partial charge in [-0.15, -0.1) is 0 Å². The highest BCUT2D eigenvalue weighted by molar-refractivity contribution is 5.92. The number of carbonyl (C=O) groups excluding carboxylic acids is 1. The van der Waals surface area contributed by atoms with E-state index in [1.54, 1.807) is 4.90 Å². The van der Waals surface area contributed by atoms with Crippen molar-refractivity contribution in [1.29, 1.82) is 0 Å². The van der Waals surface area contributed by atoms with Crippen LogP contribution in [-0.2, 0) is 4.79 Å². The van der Waals surface area contributed by atoms with E-state index >= 15 is 0 Å². The van der Waals surface area contributed by atoms with Crippen molar-refractivity contribution in [2.75, 3.05) is 18.5 Å². The summed E-state index contributed by atoms with van der Waals surface area (Å²) in [6, 6.07) is 9.78. The van der Waals surface area contributed by atoms with E-state index in [4.69, 9.17) is 5.73 Å². The van der Waals surface area contributed by atoms with Crippen LogP contribution in [0, 0.1) is 5.92 Å². The second-order valence-corrected chi connectivity index (χ2v) is 5.06. The van der Waals surface area contributed by atoms with Crippen molar-refractivity contribution < 1.29 is 4.79 Å². The van der Waals surface area contributed by atoms with Crippen molar-refractivity contribution in [1.82, 2.24) is 0 Å². The smallest absolute Gasteiger partial charge is 0.226 e. The fourth-order valence-electron chi connectivity index (χ4n) is 2.37. The van der Waals surface area contributed by atoms with Gasteiger partial charge in [0.25, 0.3) is 0 Å². The molecule has 3 heteroatoms. The molecular formula is C16H26N2O. The molecule has 1 aromatic carbocycles. The Balaban J connectivity index is 2.45. The predicted molar refractivity (Wildman–Crippen MR) is 81.2 cm³/mol. The third-order valence-electron chi connectivity index (χ3n) is 3.56. The van der Waals surface area contributed by atoms with Crippen LogP contribution in [0.15, 0.2) is 30.3 Å². The van der Waals surface area contributed by atoms with Crippen LogP contribution in [0.5, 0.6) is 0 Å². The molecule has 19 heavy (non-hydrogen) atoms. The predicted octanol–water partition coefficient (Wildman–Crippen LogP) is 3.19. The Morgan fingerprint density at radius 3 is 2.47 bits per heavy atom. The Bertz CT molecular complexity index is 358. The van der Waals surface area contributed by atoms with Gasteiger partial charge in [-0.3, -0.25) is 4.79 Å². The summed E-state index contributed by atoms with van der Waals surface area (Å²) >= 11 is 0. The summed E-state index contributed by atoms with van der Waals surface area (Å²) < 4.78 is 0. The van der Waals surface area contributed by atoms with Gasteiger partial charge in [0.05, 0.1) is 0 Å². The van der Waals surface area contributed by atoms with Gasteiger partial charge in [-0.2, -0.15) is 0 Å². The van der Waals surface area contributed by atoms with Crippen LogP contribution in [0.25, 0.3) is 0 Å². The molecule has 0 aliphatic carbocycles. The van der Waals surface area contributed by atoms with Gasteiger partial charge in [-0.25, -0.2) is 0 Å². The van der Waals surface area contributed by atoms with Crippen LogP contribution in [-0.4, -0.2) is 19.5 Å². The lowest BCUT2D eigenvalue weighted by Gasteiger charge is -2.19. The van der Waals surface area contributed by atoms with Crippen LogP contribution in [0.4, 0.5) is 5.69 Å². The van der Waals surface area contributed by atoms with E-state index in [0.29, 0.717) is 18.9 Å². The van der Waals surface area contributed by atoms with Crippen LogP contribution in [0.3, 0.4) is 0 Å². The largest absolute Gasteiger partial charge is 0.330 e. The minimum atomic E-state index is 0.185. The maximum atomic E-state index is 12.2. The van der Waals surface area contributed by atoms with E-state index in [-0.39, 0.29) is 5.91 Å². The second-order valence-electron chi connectivity index (χ2n) is 5.06. The lowest BCUT2D eigenvalue weighted by molar-refractivity contribution is -0.118. The summed E-state index contributed by atoms with van der Waals surface area (Å²) in [5.74, 6) is 0.771. The van der Waals surface area contributed by atoms with E-state index < -0.39 is 0 Å². The zero-order valence-corrected chi connectivity index (χ0v) is 12.1. The molecule has 0 aromatic heterocycles. The fourth-order valence-corrected chi connectivity index (χ4v) is 2.37. The van der Waals surface area contributed by atoms with Crippen molar-refractivity contribution in [3.05, 3.63) is 30.3 Å². The Labute approximate surface area is 116 Å². The molecule has 3 nitrogen and oxygen atoms in total. The van der Waals surface area contributed by atoms with E-state index in [1.807, 2.05) is 37.4 Å². The summed E-state index contributed by atoms with van der Waals surface area (Å²) in [6.07, 6.45) is 4.90. The van der Waals surface area contributed by atoms with E-state index in [0.717, 1.165) is 24.9 Å². The molecular weight excluding hydrogens is 236 g/mol. The average molecular weight is 262 g/mol. The van der Waals surface area contributed by atoms with E-state index in [1.165, 1.54) is 6.42 Å². The second kappa shape index (κ2) is 8.70. The van der Waals surface area contributed by atoms with E-state index in [9.17, 15) is 4.79 Å². The monoisotopic (exact) mass is 262 g/mol. The molecule has 1 rings (SSSR count). The molecule has 1 unspecified atom stereocenters. The van der Waals surface area contributed by atoms with Crippen LogP contribution >= 0.6 is 0 Å². The number of anilines is 1. The highest BCUT2D eigenvalue weighted by atomic mass is 16.2. The first-order valence-electron chi connectivity index (χ1n) is 7.20. The molecule has 0 heterocycles. The molecule has 2 N–H and O–H groups in total. The molecule has 106 valence electrons. The number of hydrogen-bond donors (Lipinski definition) is 1. The quantitative estimate of drug-likeness (QED) is 0.782. The molecule has 0 saturated carbocycles. The minimum absolute atomic E-state index is 0.185. The third-order valence-corrected chi connectivity index (χ3v) is 3.56. The molecule has 1 aromatic rings. The number of carbonyl (C=O) groups is 1. The lowest BCUT2D eigenvalue weighted by Crippen LogP contribution is -2.26. The minimum Gasteiger partial charge on any atom is -0.330 e. The van der Waals surface area contributed by atoms with Gasteiger partial charge in [0, 0.05) is 19.2 Å². The zero-order valence-electron chi connectivity index (χ0n) is 12.1. The molecule has 0 aliphatic rings. The number of hydrogen-bond acceptors (Lipinski definition) is 2. The Morgan fingerprint density at radius 1 is 1.21 bits per heavy atom. The number of nitrogens with zero attached hydrogens (tertiary/aromatic N) is 1. The zero-order chi connectivity index (χ0) is 14.1. The molecule has 0 fully saturated rings. The standard InChI is InChI=1S/C16H26N2O/c1-3-7-14(12-13-17)10-11-16(19)18(2)15-8-5-4-6-9-15/h4-6,8-9,14H,3,7,10-13,17H2,1-2H3. The Morgan fingerprint density at radius 2 is 1.89 bits per heavy atom. The van der Waals surface area contributed by atoms with Crippen LogP contribution in [0.2, 0.25) is 0 Å². The number of nitrogens with two attached hydrogens (primary N) is 1. The summed E-state index contributed by atoms with van der Waals surface area (Å²) in [5.41, 5.74) is 6.58. The van der Waals surface area contributed by atoms with Crippen molar-refractivity contribution >= 4 is 11.6 Å². The molecule has 1 atom stereocenters. The molecule has 0 aliphatic heterocycles. The van der Waals surface area contributed by atoms with Crippen LogP contribution in [0.1, 0.15) is 39.0 Å².